The SMILES string of the molecule is Cc1c2c(c(C(C)(C)C)c3ccccc13)Oc1cc(CC#N)cc3nc[n+](C)c-2c13. The lowest BCUT2D eigenvalue weighted by atomic mass is 9.78. The molecule has 0 atom stereocenters. The van der Waals surface area contributed by atoms with Crippen LogP contribution < -0.4 is 9.30 Å². The summed E-state index contributed by atoms with van der Waals surface area (Å²) in [6.45, 7) is 8.88. The van der Waals surface area contributed by atoms with E-state index in [-0.39, 0.29) is 5.41 Å². The highest BCUT2D eigenvalue weighted by Gasteiger charge is 2.35. The van der Waals surface area contributed by atoms with E-state index in [0.717, 1.165) is 39.2 Å². The molecule has 30 heavy (non-hydrogen) atoms. The van der Waals surface area contributed by atoms with Crippen LogP contribution in [0.15, 0.2) is 42.7 Å². The first-order valence-corrected chi connectivity index (χ1v) is 10.2. The number of fused-ring (bicyclic) bond motifs is 3. The Balaban J connectivity index is 2.00. The Labute approximate surface area is 176 Å². The summed E-state index contributed by atoms with van der Waals surface area (Å²) in [5, 5.41) is 12.7. The predicted molar refractivity (Wildman–Crippen MR) is 119 cm³/mol. The van der Waals surface area contributed by atoms with E-state index >= 15 is 0 Å². The zero-order valence-electron chi connectivity index (χ0n) is 18.0. The third-order valence-corrected chi connectivity index (χ3v) is 6.01. The molecule has 0 N–H and O–H groups in total. The summed E-state index contributed by atoms with van der Waals surface area (Å²) in [7, 11) is 2.04. The van der Waals surface area contributed by atoms with E-state index in [9.17, 15) is 5.26 Å². The van der Waals surface area contributed by atoms with Crippen LogP contribution in [0.3, 0.4) is 0 Å². The zero-order valence-corrected chi connectivity index (χ0v) is 18.0. The third-order valence-electron chi connectivity index (χ3n) is 6.01. The molecule has 0 saturated heterocycles. The van der Waals surface area contributed by atoms with Crippen LogP contribution in [-0.4, -0.2) is 4.98 Å². The molecule has 0 unspecified atom stereocenters. The van der Waals surface area contributed by atoms with Crippen LogP contribution in [0.4, 0.5) is 0 Å². The highest BCUT2D eigenvalue weighted by Crippen LogP contribution is 2.53. The van der Waals surface area contributed by atoms with Gasteiger partial charge in [-0.05, 0) is 51.4 Å². The second-order valence-corrected chi connectivity index (χ2v) is 9.13. The van der Waals surface area contributed by atoms with Gasteiger partial charge in [0.25, 0.3) is 6.33 Å². The van der Waals surface area contributed by atoms with Crippen molar-refractivity contribution in [2.45, 2.75) is 39.5 Å². The molecule has 148 valence electrons. The molecule has 5 rings (SSSR count). The first kappa shape index (κ1) is 18.6. The average molecular weight is 394 g/mol. The Bertz CT molecular complexity index is 1400. The lowest BCUT2D eigenvalue weighted by Gasteiger charge is -2.31. The van der Waals surface area contributed by atoms with Crippen molar-refractivity contribution in [3.05, 3.63) is 59.4 Å². The molecule has 4 nitrogen and oxygen atoms in total. The summed E-state index contributed by atoms with van der Waals surface area (Å²) in [6.07, 6.45) is 2.19. The van der Waals surface area contributed by atoms with Gasteiger partial charge in [-0.25, -0.2) is 4.57 Å². The molecule has 1 aromatic heterocycles. The molecule has 1 aliphatic rings. The van der Waals surface area contributed by atoms with Crippen LogP contribution in [0.1, 0.15) is 37.5 Å². The van der Waals surface area contributed by atoms with Gasteiger partial charge in [0.2, 0.25) is 0 Å². The number of benzene rings is 3. The van der Waals surface area contributed by atoms with Gasteiger partial charge in [-0.15, -0.1) is 0 Å². The molecule has 4 heteroatoms. The van der Waals surface area contributed by atoms with Crippen LogP contribution in [-0.2, 0) is 18.9 Å². The van der Waals surface area contributed by atoms with Gasteiger partial charge in [-0.2, -0.15) is 5.26 Å². The minimum Gasteiger partial charge on any atom is -0.455 e. The first-order valence-electron chi connectivity index (χ1n) is 10.2. The fourth-order valence-corrected chi connectivity index (χ4v) is 4.78. The number of rotatable bonds is 1. The molecule has 0 radical (unpaired) electrons. The van der Waals surface area contributed by atoms with Crippen LogP contribution in [0, 0.1) is 18.3 Å². The van der Waals surface area contributed by atoms with Gasteiger partial charge < -0.3 is 4.74 Å². The molecule has 4 aromatic rings. The molecular formula is C26H24N3O+. The Morgan fingerprint density at radius 3 is 2.57 bits per heavy atom. The van der Waals surface area contributed by atoms with E-state index in [1.807, 2.05) is 25.5 Å². The maximum atomic E-state index is 9.22. The van der Waals surface area contributed by atoms with Gasteiger partial charge in [0.15, 0.2) is 11.2 Å². The largest absolute Gasteiger partial charge is 0.455 e. The number of nitriles is 1. The van der Waals surface area contributed by atoms with E-state index < -0.39 is 0 Å². The summed E-state index contributed by atoms with van der Waals surface area (Å²) in [5.74, 6) is 1.70. The number of aryl methyl sites for hydroxylation is 2. The molecule has 0 saturated carbocycles. The minimum atomic E-state index is -0.107. The van der Waals surface area contributed by atoms with Crippen LogP contribution in [0.25, 0.3) is 32.9 Å². The van der Waals surface area contributed by atoms with Crippen molar-refractivity contribution >= 4 is 21.7 Å². The van der Waals surface area contributed by atoms with Gasteiger partial charge in [-0.3, -0.25) is 0 Å². The van der Waals surface area contributed by atoms with Crippen LogP contribution >= 0.6 is 0 Å². The number of hydrogen-bond acceptors (Lipinski definition) is 3. The van der Waals surface area contributed by atoms with E-state index in [1.165, 1.54) is 21.9 Å². The predicted octanol–water partition coefficient (Wildman–Crippen LogP) is 5.66. The second-order valence-electron chi connectivity index (χ2n) is 9.13. The van der Waals surface area contributed by atoms with Crippen molar-refractivity contribution in [3.63, 3.8) is 0 Å². The van der Waals surface area contributed by atoms with Crippen molar-refractivity contribution in [2.24, 2.45) is 7.05 Å². The van der Waals surface area contributed by atoms with E-state index in [0.29, 0.717) is 6.42 Å². The van der Waals surface area contributed by atoms with Crippen LogP contribution in [0.5, 0.6) is 11.5 Å². The maximum Gasteiger partial charge on any atom is 0.287 e. The number of hydrogen-bond donors (Lipinski definition) is 0. The fraction of sp³-hybridized carbons (Fsp3) is 0.269. The Morgan fingerprint density at radius 1 is 1.13 bits per heavy atom. The molecule has 0 spiro atoms. The molecule has 1 aliphatic heterocycles. The summed E-state index contributed by atoms with van der Waals surface area (Å²) in [4.78, 5) is 4.64. The van der Waals surface area contributed by atoms with Crippen molar-refractivity contribution in [1.82, 2.24) is 4.98 Å². The first-order chi connectivity index (χ1) is 14.3. The summed E-state index contributed by atoms with van der Waals surface area (Å²) in [5.41, 5.74) is 6.35. The van der Waals surface area contributed by atoms with Gasteiger partial charge in [0.05, 0.1) is 25.1 Å². The molecule has 0 aliphatic carbocycles. The smallest absolute Gasteiger partial charge is 0.287 e. The maximum absolute atomic E-state index is 9.22. The third kappa shape index (κ3) is 2.52. The molecule has 3 aromatic carbocycles. The van der Waals surface area contributed by atoms with Crippen molar-refractivity contribution < 1.29 is 9.30 Å². The monoisotopic (exact) mass is 394 g/mol. The van der Waals surface area contributed by atoms with Crippen LogP contribution in [0.2, 0.25) is 0 Å². The van der Waals surface area contributed by atoms with Gasteiger partial charge >= 0.3 is 0 Å². The Kier molecular flexibility index (Phi) is 3.88. The number of aromatic nitrogens is 2. The summed E-state index contributed by atoms with van der Waals surface area (Å²) in [6, 6.07) is 14.8. The number of nitrogens with zero attached hydrogens (tertiary/aromatic N) is 3. The highest BCUT2D eigenvalue weighted by molar-refractivity contribution is 6.06. The summed E-state index contributed by atoms with van der Waals surface area (Å²) < 4.78 is 8.76. The number of ether oxygens (including phenoxy) is 1. The molecule has 0 bridgehead atoms. The van der Waals surface area contributed by atoms with E-state index in [2.05, 4.69) is 67.6 Å². The average Bonchev–Trinajstić information content (AvgIpc) is 2.69. The van der Waals surface area contributed by atoms with E-state index in [4.69, 9.17) is 4.74 Å². The normalized spacial score (nSPS) is 12.5. The summed E-state index contributed by atoms with van der Waals surface area (Å²) >= 11 is 0. The quantitative estimate of drug-likeness (QED) is 0.345. The molecule has 2 heterocycles. The van der Waals surface area contributed by atoms with Crippen molar-refractivity contribution in [3.8, 4) is 28.8 Å². The molecular weight excluding hydrogens is 370 g/mol. The minimum absolute atomic E-state index is 0.107. The standard InChI is InChI=1S/C26H24N3O/c1-15-17-8-6-7-9-18(17)23(26(2,3)4)25-21(15)24-22-19(28-14-29(24)5)12-16(10-11-27)13-20(22)30-25/h6-9,12-14H,10H2,1-5H3/q+1. The van der Waals surface area contributed by atoms with Gasteiger partial charge in [-0.1, -0.05) is 45.0 Å². The topological polar surface area (TPSA) is 49.8 Å². The second kappa shape index (κ2) is 6.27. The highest BCUT2D eigenvalue weighted by atomic mass is 16.5. The van der Waals surface area contributed by atoms with Crippen molar-refractivity contribution in [2.75, 3.05) is 0 Å². The van der Waals surface area contributed by atoms with E-state index in [1.54, 1.807) is 0 Å². The van der Waals surface area contributed by atoms with Crippen molar-refractivity contribution in [1.29, 1.82) is 5.26 Å². The van der Waals surface area contributed by atoms with Gasteiger partial charge in [0.1, 0.15) is 16.9 Å². The van der Waals surface area contributed by atoms with Gasteiger partial charge in [0, 0.05) is 5.56 Å². The molecule has 0 amide bonds. The molecule has 0 fully saturated rings. The Morgan fingerprint density at radius 2 is 1.87 bits per heavy atom. The Hall–Kier alpha value is -3.45. The lowest BCUT2D eigenvalue weighted by molar-refractivity contribution is -0.662. The lowest BCUT2D eigenvalue weighted by Crippen LogP contribution is -2.33. The zero-order chi connectivity index (χ0) is 21.2. The fourth-order valence-electron chi connectivity index (χ4n) is 4.78.